The fraction of sp³-hybridized carbons (Fsp3) is 0.0667. The molecule has 0 saturated heterocycles. The number of nitro benzene ring substituents is 1. The Morgan fingerprint density at radius 1 is 1.10 bits per heavy atom. The largest absolute Gasteiger partial charge is 0.271 e. The summed E-state index contributed by atoms with van der Waals surface area (Å²) in [5.74, 6) is -0.333. The number of hydrogen-bond donors (Lipinski definition) is 1. The number of carbonyl (C=O) groups is 1. The molecule has 0 spiro atoms. The van der Waals surface area contributed by atoms with E-state index in [4.69, 9.17) is 0 Å². The molecule has 0 aliphatic carbocycles. The summed E-state index contributed by atoms with van der Waals surface area (Å²) >= 11 is 0. The third kappa shape index (κ3) is 3.73. The second kappa shape index (κ2) is 6.42. The summed E-state index contributed by atoms with van der Waals surface area (Å²) in [5.41, 5.74) is 3.97. The Bertz CT molecular complexity index is 696. The van der Waals surface area contributed by atoms with Crippen molar-refractivity contribution in [2.24, 2.45) is 5.10 Å². The number of nitro groups is 1. The Morgan fingerprint density at radius 2 is 1.76 bits per heavy atom. The number of non-ortho nitro benzene ring substituents is 1. The molecule has 0 aromatic heterocycles. The van der Waals surface area contributed by atoms with Gasteiger partial charge >= 0.3 is 0 Å². The van der Waals surface area contributed by atoms with Crippen molar-refractivity contribution in [3.05, 3.63) is 75.8 Å². The Morgan fingerprint density at radius 3 is 2.43 bits per heavy atom. The highest BCUT2D eigenvalue weighted by atomic mass is 16.6. The SMILES string of the molecule is C/C(=N/NC(=O)c1ccccc1)c1cccc([N+](=O)[O-])c1. The van der Waals surface area contributed by atoms with E-state index < -0.39 is 4.92 Å². The lowest BCUT2D eigenvalue weighted by Crippen LogP contribution is -2.19. The Kier molecular flexibility index (Phi) is 4.40. The van der Waals surface area contributed by atoms with Gasteiger partial charge in [0.2, 0.25) is 0 Å². The van der Waals surface area contributed by atoms with E-state index in [1.54, 1.807) is 43.3 Å². The molecular weight excluding hydrogens is 270 g/mol. The van der Waals surface area contributed by atoms with E-state index in [0.717, 1.165) is 0 Å². The van der Waals surface area contributed by atoms with E-state index in [0.29, 0.717) is 16.8 Å². The number of nitrogens with one attached hydrogen (secondary N) is 1. The molecule has 2 rings (SSSR count). The fourth-order valence-electron chi connectivity index (χ4n) is 1.70. The smallest absolute Gasteiger partial charge is 0.267 e. The number of hydrogen-bond acceptors (Lipinski definition) is 4. The Labute approximate surface area is 121 Å². The first-order valence-corrected chi connectivity index (χ1v) is 6.22. The molecule has 6 nitrogen and oxygen atoms in total. The molecule has 0 aliphatic heterocycles. The summed E-state index contributed by atoms with van der Waals surface area (Å²) in [6.45, 7) is 1.67. The molecule has 0 aliphatic rings. The van der Waals surface area contributed by atoms with Gasteiger partial charge in [0, 0.05) is 23.3 Å². The van der Waals surface area contributed by atoms with Crippen LogP contribution < -0.4 is 5.43 Å². The second-order valence-corrected chi connectivity index (χ2v) is 4.31. The fourth-order valence-corrected chi connectivity index (χ4v) is 1.70. The molecule has 0 fully saturated rings. The molecule has 0 atom stereocenters. The van der Waals surface area contributed by atoms with Gasteiger partial charge in [-0.2, -0.15) is 5.10 Å². The van der Waals surface area contributed by atoms with Gasteiger partial charge in [0.1, 0.15) is 0 Å². The normalized spacial score (nSPS) is 11.0. The van der Waals surface area contributed by atoms with Crippen LogP contribution in [0.15, 0.2) is 59.7 Å². The number of nitrogens with zero attached hydrogens (tertiary/aromatic N) is 2. The predicted octanol–water partition coefficient (Wildman–Crippen LogP) is 2.75. The molecule has 1 N–H and O–H groups in total. The van der Waals surface area contributed by atoms with E-state index in [1.165, 1.54) is 12.1 Å². The molecule has 2 aromatic carbocycles. The maximum absolute atomic E-state index is 11.8. The molecule has 0 radical (unpaired) electrons. The van der Waals surface area contributed by atoms with Gasteiger partial charge in [-0.3, -0.25) is 14.9 Å². The topological polar surface area (TPSA) is 84.6 Å². The second-order valence-electron chi connectivity index (χ2n) is 4.31. The number of rotatable bonds is 4. The highest BCUT2D eigenvalue weighted by Gasteiger charge is 2.08. The minimum Gasteiger partial charge on any atom is -0.267 e. The van der Waals surface area contributed by atoms with Crippen molar-refractivity contribution in [1.82, 2.24) is 5.43 Å². The van der Waals surface area contributed by atoms with Gasteiger partial charge < -0.3 is 0 Å². The summed E-state index contributed by atoms with van der Waals surface area (Å²) in [4.78, 5) is 22.1. The quantitative estimate of drug-likeness (QED) is 0.532. The first kappa shape index (κ1) is 14.4. The van der Waals surface area contributed by atoms with E-state index in [-0.39, 0.29) is 11.6 Å². The van der Waals surface area contributed by atoms with Crippen LogP contribution in [0.5, 0.6) is 0 Å². The van der Waals surface area contributed by atoms with Crippen molar-refractivity contribution in [2.75, 3.05) is 0 Å². The van der Waals surface area contributed by atoms with Crippen LogP contribution in [0.25, 0.3) is 0 Å². The van der Waals surface area contributed by atoms with Gasteiger partial charge in [-0.05, 0) is 19.1 Å². The van der Waals surface area contributed by atoms with Gasteiger partial charge in [-0.15, -0.1) is 0 Å². The highest BCUT2D eigenvalue weighted by molar-refractivity contribution is 6.01. The van der Waals surface area contributed by atoms with Crippen molar-refractivity contribution in [3.63, 3.8) is 0 Å². The summed E-state index contributed by atoms with van der Waals surface area (Å²) in [7, 11) is 0. The van der Waals surface area contributed by atoms with Crippen LogP contribution in [-0.4, -0.2) is 16.5 Å². The molecule has 1 amide bonds. The summed E-state index contributed by atoms with van der Waals surface area (Å²) in [6.07, 6.45) is 0. The van der Waals surface area contributed by atoms with Crippen molar-refractivity contribution in [1.29, 1.82) is 0 Å². The van der Waals surface area contributed by atoms with Crippen LogP contribution in [0.1, 0.15) is 22.8 Å². The van der Waals surface area contributed by atoms with Gasteiger partial charge in [0.25, 0.3) is 11.6 Å². The van der Waals surface area contributed by atoms with E-state index >= 15 is 0 Å². The summed E-state index contributed by atoms with van der Waals surface area (Å²) in [6, 6.07) is 14.8. The summed E-state index contributed by atoms with van der Waals surface area (Å²) < 4.78 is 0. The monoisotopic (exact) mass is 283 g/mol. The zero-order chi connectivity index (χ0) is 15.2. The van der Waals surface area contributed by atoms with Crippen molar-refractivity contribution in [3.8, 4) is 0 Å². The molecule has 0 saturated carbocycles. The van der Waals surface area contributed by atoms with E-state index in [1.807, 2.05) is 6.07 Å². The zero-order valence-corrected chi connectivity index (χ0v) is 11.3. The van der Waals surface area contributed by atoms with Crippen LogP contribution in [0.4, 0.5) is 5.69 Å². The molecule has 2 aromatic rings. The van der Waals surface area contributed by atoms with Crippen LogP contribution in [0.2, 0.25) is 0 Å². The lowest BCUT2D eigenvalue weighted by Gasteiger charge is -2.03. The Hall–Kier alpha value is -3.02. The predicted molar refractivity (Wildman–Crippen MR) is 79.2 cm³/mol. The molecule has 0 bridgehead atoms. The molecular formula is C15H13N3O3. The maximum atomic E-state index is 11.8. The Balaban J connectivity index is 2.13. The molecule has 106 valence electrons. The van der Waals surface area contributed by atoms with Crippen molar-refractivity contribution in [2.45, 2.75) is 6.92 Å². The van der Waals surface area contributed by atoms with Crippen molar-refractivity contribution >= 4 is 17.3 Å². The van der Waals surface area contributed by atoms with Gasteiger partial charge in [-0.25, -0.2) is 5.43 Å². The third-order valence-electron chi connectivity index (χ3n) is 2.84. The first-order chi connectivity index (χ1) is 10.1. The number of amides is 1. The van der Waals surface area contributed by atoms with Gasteiger partial charge in [-0.1, -0.05) is 30.3 Å². The lowest BCUT2D eigenvalue weighted by atomic mass is 10.1. The first-order valence-electron chi connectivity index (χ1n) is 6.22. The van der Waals surface area contributed by atoms with E-state index in [9.17, 15) is 14.9 Å². The van der Waals surface area contributed by atoms with Crippen LogP contribution in [0.3, 0.4) is 0 Å². The van der Waals surface area contributed by atoms with Gasteiger partial charge in [0.15, 0.2) is 0 Å². The molecule has 0 heterocycles. The van der Waals surface area contributed by atoms with Crippen LogP contribution in [0, 0.1) is 10.1 Å². The minimum absolute atomic E-state index is 0.0172. The highest BCUT2D eigenvalue weighted by Crippen LogP contribution is 2.13. The molecule has 0 unspecified atom stereocenters. The van der Waals surface area contributed by atoms with Crippen LogP contribution >= 0.6 is 0 Å². The number of carbonyl (C=O) groups excluding carboxylic acids is 1. The average molecular weight is 283 g/mol. The third-order valence-corrected chi connectivity index (χ3v) is 2.84. The minimum atomic E-state index is -0.473. The standard InChI is InChI=1S/C15H13N3O3/c1-11(13-8-5-9-14(10-13)18(20)21)16-17-15(19)12-6-3-2-4-7-12/h2-10H,1H3,(H,17,19)/b16-11-. The number of benzene rings is 2. The number of hydrazone groups is 1. The summed E-state index contributed by atoms with van der Waals surface area (Å²) in [5, 5.41) is 14.7. The maximum Gasteiger partial charge on any atom is 0.271 e. The van der Waals surface area contributed by atoms with Crippen molar-refractivity contribution < 1.29 is 9.72 Å². The van der Waals surface area contributed by atoms with Gasteiger partial charge in [0.05, 0.1) is 10.6 Å². The average Bonchev–Trinajstić information content (AvgIpc) is 2.53. The molecule has 6 heteroatoms. The van der Waals surface area contributed by atoms with Crippen LogP contribution in [-0.2, 0) is 0 Å². The zero-order valence-electron chi connectivity index (χ0n) is 11.3. The molecule has 21 heavy (non-hydrogen) atoms. The van der Waals surface area contributed by atoms with E-state index in [2.05, 4.69) is 10.5 Å². The lowest BCUT2D eigenvalue weighted by molar-refractivity contribution is -0.384.